The topological polar surface area (TPSA) is 79.7 Å². The molecule has 54 valence electrons. The Morgan fingerprint density at radius 2 is 1.90 bits per heavy atom. The van der Waals surface area contributed by atoms with Crippen LogP contribution in [0, 0.1) is 6.92 Å². The number of nitrogens with two attached hydrogens (primary N) is 2. The zero-order valence-electron chi connectivity index (χ0n) is 6.02. The molecule has 0 atom stereocenters. The molecule has 10 heavy (non-hydrogen) atoms. The van der Waals surface area contributed by atoms with E-state index in [1.807, 2.05) is 13.0 Å². The van der Waals surface area contributed by atoms with Crippen molar-refractivity contribution in [3.63, 3.8) is 0 Å². The summed E-state index contributed by atoms with van der Waals surface area (Å²) < 4.78 is 0. The Morgan fingerprint density at radius 3 is 2.40 bits per heavy atom. The highest BCUT2D eigenvalue weighted by molar-refractivity contribution is 5.64. The van der Waals surface area contributed by atoms with Gasteiger partial charge in [0.1, 0.15) is 5.69 Å². The van der Waals surface area contributed by atoms with E-state index in [1.165, 1.54) is 0 Å². The molecule has 0 aromatic heterocycles. The van der Waals surface area contributed by atoms with E-state index < -0.39 is 0 Å². The first-order chi connectivity index (χ1) is 4.61. The highest BCUT2D eigenvalue weighted by atomic mass is 14.7. The third kappa shape index (κ3) is 1.04. The molecular weight excluding hydrogens is 126 g/mol. The zero-order valence-corrected chi connectivity index (χ0v) is 6.02. The van der Waals surface area contributed by atoms with E-state index in [4.69, 9.17) is 11.5 Å². The van der Waals surface area contributed by atoms with Crippen LogP contribution in [0.15, 0.2) is 12.1 Å². The van der Waals surface area contributed by atoms with Crippen LogP contribution in [0.4, 0.5) is 17.1 Å². The van der Waals surface area contributed by atoms with Gasteiger partial charge in [0.05, 0.1) is 0 Å². The maximum Gasteiger partial charge on any atom is 0.135 e. The smallest absolute Gasteiger partial charge is 0.135 e. The Balaban J connectivity index is 3.31. The molecule has 0 unspecified atom stereocenters. The molecule has 0 aliphatic rings. The molecule has 0 amide bonds. The van der Waals surface area contributed by atoms with Crippen LogP contribution in [0.1, 0.15) is 5.56 Å². The molecule has 0 heterocycles. The van der Waals surface area contributed by atoms with Gasteiger partial charge < -0.3 is 17.2 Å². The first-order valence-corrected chi connectivity index (χ1v) is 3.09. The Kier molecular flexibility index (Phi) is 1.51. The summed E-state index contributed by atoms with van der Waals surface area (Å²) >= 11 is 0. The highest BCUT2D eigenvalue weighted by Crippen LogP contribution is 2.20. The molecule has 0 fully saturated rings. The van der Waals surface area contributed by atoms with Gasteiger partial charge in [0, 0.05) is 23.0 Å². The minimum absolute atomic E-state index is 0.674. The monoisotopic (exact) mass is 138 g/mol. The van der Waals surface area contributed by atoms with Gasteiger partial charge in [-0.1, -0.05) is 0 Å². The Morgan fingerprint density at radius 1 is 1.30 bits per heavy atom. The van der Waals surface area contributed by atoms with E-state index in [0.717, 1.165) is 11.3 Å². The second-order valence-corrected chi connectivity index (χ2v) is 2.39. The summed E-state index contributed by atoms with van der Waals surface area (Å²) in [5, 5.41) is 0. The first kappa shape index (κ1) is 6.89. The lowest BCUT2D eigenvalue weighted by Gasteiger charge is -2.01. The van der Waals surface area contributed by atoms with Crippen LogP contribution in [-0.2, 0) is 0 Å². The lowest BCUT2D eigenvalue weighted by molar-refractivity contribution is -0.255. The van der Waals surface area contributed by atoms with Crippen molar-refractivity contribution in [1.82, 2.24) is 0 Å². The fraction of sp³-hybridized carbons (Fsp3) is 0.143. The third-order valence-corrected chi connectivity index (χ3v) is 1.58. The van der Waals surface area contributed by atoms with Gasteiger partial charge >= 0.3 is 0 Å². The second-order valence-electron chi connectivity index (χ2n) is 2.39. The lowest BCUT2D eigenvalue weighted by atomic mass is 10.1. The summed E-state index contributed by atoms with van der Waals surface area (Å²) in [5.74, 6) is 0. The number of nitrogen functional groups attached to an aromatic ring is 2. The van der Waals surface area contributed by atoms with Crippen LogP contribution in [0.3, 0.4) is 0 Å². The number of anilines is 2. The van der Waals surface area contributed by atoms with Gasteiger partial charge in [-0.25, -0.2) is 0 Å². The fourth-order valence-corrected chi connectivity index (χ4v) is 0.824. The summed E-state index contributed by atoms with van der Waals surface area (Å²) in [4.78, 5) is 0. The predicted molar refractivity (Wildman–Crippen MR) is 42.6 cm³/mol. The van der Waals surface area contributed by atoms with Gasteiger partial charge in [-0.15, -0.1) is 0 Å². The summed E-state index contributed by atoms with van der Waals surface area (Å²) in [5.41, 5.74) is 18.2. The molecule has 1 aromatic rings. The summed E-state index contributed by atoms with van der Waals surface area (Å²) in [6.45, 7) is 1.93. The number of hydrogen-bond acceptors (Lipinski definition) is 2. The average molecular weight is 138 g/mol. The molecular formula is C7H12N3+. The van der Waals surface area contributed by atoms with E-state index in [-0.39, 0.29) is 0 Å². The molecule has 3 nitrogen and oxygen atoms in total. The van der Waals surface area contributed by atoms with Gasteiger partial charge in [-0.2, -0.15) is 0 Å². The third-order valence-electron chi connectivity index (χ3n) is 1.58. The Bertz CT molecular complexity index is 232. The van der Waals surface area contributed by atoms with Gasteiger partial charge in [-0.3, -0.25) is 0 Å². The van der Waals surface area contributed by atoms with Crippen LogP contribution in [0.2, 0.25) is 0 Å². The normalized spacial score (nSPS) is 9.80. The second kappa shape index (κ2) is 2.19. The molecule has 0 saturated carbocycles. The van der Waals surface area contributed by atoms with Crippen LogP contribution < -0.4 is 17.2 Å². The minimum Gasteiger partial charge on any atom is -0.398 e. The SMILES string of the molecule is Cc1c(N)cc(N)cc1[NH3+]. The first-order valence-electron chi connectivity index (χ1n) is 3.09. The minimum atomic E-state index is 0.674. The van der Waals surface area contributed by atoms with Crippen molar-refractivity contribution in [3.8, 4) is 0 Å². The summed E-state index contributed by atoms with van der Waals surface area (Å²) in [6.07, 6.45) is 0. The molecule has 3 heteroatoms. The largest absolute Gasteiger partial charge is 0.398 e. The number of rotatable bonds is 0. The molecule has 0 bridgehead atoms. The molecule has 0 radical (unpaired) electrons. The molecule has 7 N–H and O–H groups in total. The van der Waals surface area contributed by atoms with Gasteiger partial charge in [-0.05, 0) is 13.0 Å². The maximum atomic E-state index is 5.60. The van der Waals surface area contributed by atoms with E-state index in [0.29, 0.717) is 11.4 Å². The standard InChI is InChI=1S/C7H11N3/c1-4-6(9)2-5(8)3-7(4)10/h2-3H,8-10H2,1H3/p+1. The van der Waals surface area contributed by atoms with Crippen LogP contribution >= 0.6 is 0 Å². The van der Waals surface area contributed by atoms with Gasteiger partial charge in [0.25, 0.3) is 0 Å². The van der Waals surface area contributed by atoms with Crippen LogP contribution in [0.25, 0.3) is 0 Å². The van der Waals surface area contributed by atoms with E-state index in [2.05, 4.69) is 5.73 Å². The maximum absolute atomic E-state index is 5.60. The summed E-state index contributed by atoms with van der Waals surface area (Å²) in [6, 6.07) is 3.55. The van der Waals surface area contributed by atoms with Crippen molar-refractivity contribution in [3.05, 3.63) is 17.7 Å². The lowest BCUT2D eigenvalue weighted by Crippen LogP contribution is -2.41. The van der Waals surface area contributed by atoms with Crippen LogP contribution in [-0.4, -0.2) is 0 Å². The Labute approximate surface area is 59.8 Å². The molecule has 0 saturated heterocycles. The molecule has 0 aliphatic heterocycles. The van der Waals surface area contributed by atoms with Crippen molar-refractivity contribution in [2.24, 2.45) is 0 Å². The van der Waals surface area contributed by atoms with Crippen molar-refractivity contribution < 1.29 is 5.73 Å². The van der Waals surface area contributed by atoms with Gasteiger partial charge in [0.15, 0.2) is 0 Å². The quantitative estimate of drug-likeness (QED) is 0.442. The summed E-state index contributed by atoms with van der Waals surface area (Å²) in [7, 11) is 0. The molecule has 0 aliphatic carbocycles. The number of benzene rings is 1. The van der Waals surface area contributed by atoms with Crippen molar-refractivity contribution >= 4 is 17.1 Å². The van der Waals surface area contributed by atoms with Crippen molar-refractivity contribution in [2.75, 3.05) is 11.5 Å². The van der Waals surface area contributed by atoms with E-state index in [1.54, 1.807) is 6.07 Å². The highest BCUT2D eigenvalue weighted by Gasteiger charge is 2.01. The molecule has 0 spiro atoms. The van der Waals surface area contributed by atoms with Crippen molar-refractivity contribution in [1.29, 1.82) is 0 Å². The van der Waals surface area contributed by atoms with E-state index >= 15 is 0 Å². The van der Waals surface area contributed by atoms with Crippen LogP contribution in [0.5, 0.6) is 0 Å². The predicted octanol–water partition coefficient (Wildman–Crippen LogP) is 0.0328. The van der Waals surface area contributed by atoms with E-state index in [9.17, 15) is 0 Å². The Hall–Kier alpha value is -1.22. The van der Waals surface area contributed by atoms with Crippen molar-refractivity contribution in [2.45, 2.75) is 6.92 Å². The average Bonchev–Trinajstić information content (AvgIpc) is 1.82. The zero-order chi connectivity index (χ0) is 7.72. The fourth-order valence-electron chi connectivity index (χ4n) is 0.824. The molecule has 1 rings (SSSR count). The van der Waals surface area contributed by atoms with Gasteiger partial charge in [0.2, 0.25) is 0 Å². The molecule has 1 aromatic carbocycles. The number of hydrogen-bond donors (Lipinski definition) is 3. The number of quaternary nitrogens is 1.